The number of benzene rings is 3. The Balaban J connectivity index is 1.66. The smallest absolute Gasteiger partial charge is 0.434 e. The van der Waals surface area contributed by atoms with Crippen LogP contribution in [-0.4, -0.2) is 22.3 Å². The molecule has 0 aliphatic carbocycles. The van der Waals surface area contributed by atoms with E-state index in [1.807, 2.05) is 0 Å². The summed E-state index contributed by atoms with van der Waals surface area (Å²) in [6.45, 7) is -3.09. The number of hydrogen-bond donors (Lipinski definition) is 1. The van der Waals surface area contributed by atoms with Crippen LogP contribution in [0.25, 0.3) is 22.6 Å². The Morgan fingerprint density at radius 2 is 1.68 bits per heavy atom. The highest BCUT2D eigenvalue weighted by Gasteiger charge is 2.18. The number of alkyl halides is 2. The van der Waals surface area contributed by atoms with E-state index in [0.29, 0.717) is 11.1 Å². The van der Waals surface area contributed by atoms with Crippen molar-refractivity contribution in [2.24, 2.45) is 7.05 Å². The molecule has 0 spiro atoms. The van der Waals surface area contributed by atoms with Gasteiger partial charge in [0.15, 0.2) is 0 Å². The largest absolute Gasteiger partial charge is 0.437 e. The van der Waals surface area contributed by atoms with E-state index in [9.17, 15) is 27.2 Å². The zero-order valence-corrected chi connectivity index (χ0v) is 17.4. The van der Waals surface area contributed by atoms with Gasteiger partial charge in [0.05, 0.1) is 0 Å². The summed E-state index contributed by atoms with van der Waals surface area (Å²) in [4.78, 5) is 23.9. The fraction of sp³-hybridized carbons (Fsp3) is 0.0870. The number of aryl methyl sites for hydroxylation is 1. The molecule has 0 radical (unpaired) electrons. The predicted molar refractivity (Wildman–Crippen MR) is 114 cm³/mol. The van der Waals surface area contributed by atoms with E-state index in [0.717, 1.165) is 22.9 Å². The molecule has 174 valence electrons. The topological polar surface area (TPSA) is 86.4 Å². The quantitative estimate of drug-likeness (QED) is 0.405. The molecule has 1 aromatic heterocycles. The minimum absolute atomic E-state index is 0.0202. The maximum atomic E-state index is 13.8. The third kappa shape index (κ3) is 4.68. The normalized spacial score (nSPS) is 11.0. The van der Waals surface area contributed by atoms with Crippen molar-refractivity contribution in [1.29, 1.82) is 0 Å². The molecule has 3 aromatic carbocycles. The first-order chi connectivity index (χ1) is 16.2. The molecule has 0 atom stereocenters. The van der Waals surface area contributed by atoms with Crippen LogP contribution in [0.4, 0.5) is 23.2 Å². The molecule has 1 heterocycles. The zero-order valence-electron chi connectivity index (χ0n) is 17.4. The van der Waals surface area contributed by atoms with Gasteiger partial charge >= 0.3 is 12.4 Å². The van der Waals surface area contributed by atoms with Crippen molar-refractivity contribution in [2.75, 3.05) is 5.32 Å². The molecule has 0 aliphatic rings. The number of carbonyl (C=O) groups is 1. The van der Waals surface area contributed by atoms with Gasteiger partial charge in [0.25, 0.3) is 5.91 Å². The van der Waals surface area contributed by atoms with E-state index in [-0.39, 0.29) is 22.9 Å². The summed E-state index contributed by atoms with van der Waals surface area (Å²) < 4.78 is 64.1. The number of carbonyl (C=O) groups excluding carboxylic acids is 1. The van der Waals surface area contributed by atoms with Crippen molar-refractivity contribution < 1.29 is 31.5 Å². The van der Waals surface area contributed by atoms with Gasteiger partial charge in [0, 0.05) is 23.9 Å². The molecule has 0 saturated carbocycles. The maximum absolute atomic E-state index is 13.8. The minimum atomic E-state index is -3.09. The van der Waals surface area contributed by atoms with Gasteiger partial charge in [0.2, 0.25) is 5.89 Å². The van der Waals surface area contributed by atoms with E-state index in [1.165, 1.54) is 49.5 Å². The Bertz CT molecular complexity index is 1390. The minimum Gasteiger partial charge on any atom is -0.434 e. The molecule has 0 fully saturated rings. The highest BCUT2D eigenvalue weighted by atomic mass is 19.3. The summed E-state index contributed by atoms with van der Waals surface area (Å²) in [6, 6.07) is 13.0. The van der Waals surface area contributed by atoms with Crippen molar-refractivity contribution in [2.45, 2.75) is 6.61 Å². The van der Waals surface area contributed by atoms with Crippen LogP contribution < -0.4 is 15.8 Å². The average molecular weight is 473 g/mol. The van der Waals surface area contributed by atoms with Gasteiger partial charge in [-0.05, 0) is 48.0 Å². The first-order valence-corrected chi connectivity index (χ1v) is 9.72. The summed E-state index contributed by atoms with van der Waals surface area (Å²) in [5.41, 5.74) is 0.444. The Hall–Kier alpha value is -4.41. The van der Waals surface area contributed by atoms with E-state index in [2.05, 4.69) is 15.2 Å². The lowest BCUT2D eigenvalue weighted by atomic mass is 10.0. The third-order valence-corrected chi connectivity index (χ3v) is 4.78. The van der Waals surface area contributed by atoms with Gasteiger partial charge in [-0.15, -0.1) is 5.10 Å². The maximum Gasteiger partial charge on any atom is 0.437 e. The number of amides is 1. The molecule has 34 heavy (non-hydrogen) atoms. The second-order valence-electron chi connectivity index (χ2n) is 7.01. The molecule has 1 amide bonds. The Labute approximate surface area is 189 Å². The molecule has 0 aliphatic heterocycles. The lowest BCUT2D eigenvalue weighted by Gasteiger charge is -2.13. The van der Waals surface area contributed by atoms with Crippen molar-refractivity contribution in [3.8, 4) is 28.3 Å². The third-order valence-electron chi connectivity index (χ3n) is 4.78. The highest BCUT2D eigenvalue weighted by molar-refractivity contribution is 6.04. The Morgan fingerprint density at radius 1 is 1.03 bits per heavy atom. The van der Waals surface area contributed by atoms with Crippen LogP contribution >= 0.6 is 0 Å². The number of anilines is 1. The zero-order chi connectivity index (χ0) is 24.4. The standard InChI is InChI=1S/C23H15F4N3O4/c1-30-23(32)34-21(29-30)13-7-10-18(33-22(26)27)15(11-13)12-5-8-14(9-6-12)28-20(31)19-16(24)3-2-4-17(19)25/h2-11,22H,1H3,(H,28,31). The molecule has 4 rings (SSSR count). The highest BCUT2D eigenvalue weighted by Crippen LogP contribution is 2.35. The van der Waals surface area contributed by atoms with E-state index in [1.54, 1.807) is 0 Å². The lowest BCUT2D eigenvalue weighted by Crippen LogP contribution is -2.15. The number of aromatic nitrogens is 2. The number of hydrogen-bond acceptors (Lipinski definition) is 5. The molecule has 7 nitrogen and oxygen atoms in total. The molecular formula is C23H15F4N3O4. The van der Waals surface area contributed by atoms with Crippen LogP contribution in [0, 0.1) is 11.6 Å². The van der Waals surface area contributed by atoms with Gasteiger partial charge in [0.1, 0.15) is 22.9 Å². The second kappa shape index (κ2) is 9.22. The Morgan fingerprint density at radius 3 is 2.26 bits per heavy atom. The van der Waals surface area contributed by atoms with Gasteiger partial charge in [-0.1, -0.05) is 18.2 Å². The molecule has 11 heteroatoms. The summed E-state index contributed by atoms with van der Waals surface area (Å²) in [5, 5.41) is 6.31. The number of nitrogens with one attached hydrogen (secondary N) is 1. The first-order valence-electron chi connectivity index (χ1n) is 9.72. The van der Waals surface area contributed by atoms with Gasteiger partial charge in [-0.3, -0.25) is 4.79 Å². The van der Waals surface area contributed by atoms with Crippen molar-refractivity contribution >= 4 is 11.6 Å². The van der Waals surface area contributed by atoms with Crippen molar-refractivity contribution in [3.05, 3.63) is 88.4 Å². The Kier molecular flexibility index (Phi) is 6.17. The monoisotopic (exact) mass is 473 g/mol. The predicted octanol–water partition coefficient (Wildman–Crippen LogP) is 4.84. The van der Waals surface area contributed by atoms with Gasteiger partial charge < -0.3 is 14.5 Å². The summed E-state index contributed by atoms with van der Waals surface area (Å²) in [7, 11) is 1.39. The average Bonchev–Trinajstić information content (AvgIpc) is 3.12. The molecule has 0 bridgehead atoms. The van der Waals surface area contributed by atoms with E-state index in [4.69, 9.17) is 4.42 Å². The molecule has 1 N–H and O–H groups in total. The number of ether oxygens (including phenoxy) is 1. The van der Waals surface area contributed by atoms with Gasteiger partial charge in [-0.25, -0.2) is 13.6 Å². The van der Waals surface area contributed by atoms with E-state index < -0.39 is 35.5 Å². The van der Waals surface area contributed by atoms with Crippen LogP contribution in [-0.2, 0) is 7.05 Å². The number of rotatable bonds is 6. The number of nitrogens with zero attached hydrogens (tertiary/aromatic N) is 2. The van der Waals surface area contributed by atoms with Crippen LogP contribution in [0.15, 0.2) is 69.9 Å². The summed E-state index contributed by atoms with van der Waals surface area (Å²) in [6.07, 6.45) is 0. The molecule has 4 aromatic rings. The van der Waals surface area contributed by atoms with Crippen LogP contribution in [0.2, 0.25) is 0 Å². The lowest BCUT2D eigenvalue weighted by molar-refractivity contribution is -0.0494. The van der Waals surface area contributed by atoms with Crippen LogP contribution in [0.1, 0.15) is 10.4 Å². The second-order valence-corrected chi connectivity index (χ2v) is 7.01. The SMILES string of the molecule is Cn1nc(-c2ccc(OC(F)F)c(-c3ccc(NC(=O)c4c(F)cccc4F)cc3)c2)oc1=O. The van der Waals surface area contributed by atoms with Gasteiger partial charge in [-0.2, -0.15) is 13.5 Å². The molecule has 0 saturated heterocycles. The van der Waals surface area contributed by atoms with Crippen molar-refractivity contribution in [1.82, 2.24) is 9.78 Å². The van der Waals surface area contributed by atoms with E-state index >= 15 is 0 Å². The summed E-state index contributed by atoms with van der Waals surface area (Å²) in [5.74, 6) is -3.88. The molecular weight excluding hydrogens is 458 g/mol. The first kappa shape index (κ1) is 22.8. The number of halogens is 4. The fourth-order valence-electron chi connectivity index (χ4n) is 3.19. The fourth-order valence-corrected chi connectivity index (χ4v) is 3.19. The summed E-state index contributed by atoms with van der Waals surface area (Å²) >= 11 is 0. The van der Waals surface area contributed by atoms with Crippen LogP contribution in [0.3, 0.4) is 0 Å². The van der Waals surface area contributed by atoms with Crippen LogP contribution in [0.5, 0.6) is 5.75 Å². The van der Waals surface area contributed by atoms with Crippen molar-refractivity contribution in [3.63, 3.8) is 0 Å². The molecule has 0 unspecified atom stereocenters.